The molecule has 0 aromatic carbocycles. The standard InChI is InChI=1S/C13H17N3S/c14-13(17)10-5-6-15-11(7-10)16-12(8-1-2-8)9-3-4-9/h5-9,12H,1-4H2,(H2,14,17)(H,15,16). The molecular weight excluding hydrogens is 230 g/mol. The molecule has 0 saturated heterocycles. The van der Waals surface area contributed by atoms with Gasteiger partial charge >= 0.3 is 0 Å². The molecule has 3 rings (SSSR count). The molecule has 1 aromatic rings. The van der Waals surface area contributed by atoms with Crippen LogP contribution < -0.4 is 11.1 Å². The summed E-state index contributed by atoms with van der Waals surface area (Å²) in [6.45, 7) is 0. The maximum absolute atomic E-state index is 5.63. The third-order valence-corrected chi connectivity index (χ3v) is 3.85. The van der Waals surface area contributed by atoms with Crippen LogP contribution in [-0.4, -0.2) is 16.0 Å². The van der Waals surface area contributed by atoms with Gasteiger partial charge in [0.05, 0.1) is 0 Å². The Kier molecular flexibility index (Phi) is 2.74. The number of hydrogen-bond donors (Lipinski definition) is 2. The molecule has 90 valence electrons. The van der Waals surface area contributed by atoms with Crippen LogP contribution in [0.5, 0.6) is 0 Å². The van der Waals surface area contributed by atoms with Gasteiger partial charge < -0.3 is 11.1 Å². The maximum atomic E-state index is 5.63. The van der Waals surface area contributed by atoms with Crippen LogP contribution in [-0.2, 0) is 0 Å². The van der Waals surface area contributed by atoms with Gasteiger partial charge in [0.1, 0.15) is 10.8 Å². The van der Waals surface area contributed by atoms with Gasteiger partial charge in [-0.15, -0.1) is 0 Å². The Balaban J connectivity index is 1.74. The third kappa shape index (κ3) is 2.57. The molecule has 0 spiro atoms. The van der Waals surface area contributed by atoms with E-state index in [9.17, 15) is 0 Å². The SMILES string of the molecule is NC(=S)c1ccnc(NC(C2CC2)C2CC2)c1. The highest BCUT2D eigenvalue weighted by Gasteiger charge is 2.41. The average Bonchev–Trinajstić information content (AvgIpc) is 3.16. The minimum absolute atomic E-state index is 0.435. The molecule has 17 heavy (non-hydrogen) atoms. The van der Waals surface area contributed by atoms with Crippen molar-refractivity contribution in [1.82, 2.24) is 4.98 Å². The molecule has 0 bridgehead atoms. The highest BCUT2D eigenvalue weighted by atomic mass is 32.1. The Morgan fingerprint density at radius 2 is 2.00 bits per heavy atom. The number of rotatable bonds is 5. The van der Waals surface area contributed by atoms with Crippen LogP contribution in [0.3, 0.4) is 0 Å². The van der Waals surface area contributed by atoms with Crippen LogP contribution >= 0.6 is 12.2 Å². The second-order valence-electron chi connectivity index (χ2n) is 5.14. The molecule has 0 radical (unpaired) electrons. The first kappa shape index (κ1) is 11.0. The first-order valence-electron chi connectivity index (χ1n) is 6.26. The largest absolute Gasteiger partial charge is 0.389 e. The molecule has 0 atom stereocenters. The van der Waals surface area contributed by atoms with Crippen molar-refractivity contribution < 1.29 is 0 Å². The lowest BCUT2D eigenvalue weighted by atomic mass is 10.1. The number of nitrogens with zero attached hydrogens (tertiary/aromatic N) is 1. The minimum Gasteiger partial charge on any atom is -0.389 e. The van der Waals surface area contributed by atoms with Crippen molar-refractivity contribution in [3.8, 4) is 0 Å². The second-order valence-corrected chi connectivity index (χ2v) is 5.58. The van der Waals surface area contributed by atoms with Gasteiger partial charge in [-0.2, -0.15) is 0 Å². The summed E-state index contributed by atoms with van der Waals surface area (Å²) < 4.78 is 0. The molecule has 2 aliphatic rings. The normalized spacial score (nSPS) is 19.4. The summed E-state index contributed by atoms with van der Waals surface area (Å²) in [5, 5.41) is 3.57. The molecule has 0 aliphatic heterocycles. The lowest BCUT2D eigenvalue weighted by Crippen LogP contribution is -2.25. The third-order valence-electron chi connectivity index (χ3n) is 3.62. The molecule has 0 amide bonds. The van der Waals surface area contributed by atoms with E-state index in [0.717, 1.165) is 23.2 Å². The van der Waals surface area contributed by atoms with Crippen LogP contribution in [0, 0.1) is 11.8 Å². The van der Waals surface area contributed by atoms with Crippen LogP contribution in [0.25, 0.3) is 0 Å². The summed E-state index contributed by atoms with van der Waals surface area (Å²) in [6, 6.07) is 4.43. The van der Waals surface area contributed by atoms with E-state index in [1.54, 1.807) is 6.20 Å². The molecule has 0 unspecified atom stereocenters. The number of aromatic nitrogens is 1. The molecular formula is C13H17N3S. The zero-order valence-electron chi connectivity index (χ0n) is 9.73. The predicted molar refractivity (Wildman–Crippen MR) is 73.0 cm³/mol. The van der Waals surface area contributed by atoms with Crippen LogP contribution in [0.1, 0.15) is 31.2 Å². The van der Waals surface area contributed by atoms with E-state index < -0.39 is 0 Å². The summed E-state index contributed by atoms with van der Waals surface area (Å²) in [6.07, 6.45) is 7.23. The van der Waals surface area contributed by atoms with Crippen LogP contribution in [0.4, 0.5) is 5.82 Å². The lowest BCUT2D eigenvalue weighted by molar-refractivity contribution is 0.566. The summed E-state index contributed by atoms with van der Waals surface area (Å²) in [4.78, 5) is 4.79. The van der Waals surface area contributed by atoms with Crippen molar-refractivity contribution in [3.63, 3.8) is 0 Å². The van der Waals surface area contributed by atoms with Crippen LogP contribution in [0.2, 0.25) is 0 Å². The fourth-order valence-corrected chi connectivity index (χ4v) is 2.49. The monoisotopic (exact) mass is 247 g/mol. The smallest absolute Gasteiger partial charge is 0.126 e. The van der Waals surface area contributed by atoms with E-state index in [2.05, 4.69) is 10.3 Å². The van der Waals surface area contributed by atoms with Gasteiger partial charge in [0.25, 0.3) is 0 Å². The molecule has 4 heteroatoms. The van der Waals surface area contributed by atoms with Gasteiger partial charge in [-0.25, -0.2) is 4.98 Å². The Bertz CT molecular complexity index is 426. The van der Waals surface area contributed by atoms with Gasteiger partial charge in [0.2, 0.25) is 0 Å². The highest BCUT2D eigenvalue weighted by molar-refractivity contribution is 7.80. The maximum Gasteiger partial charge on any atom is 0.126 e. The summed E-state index contributed by atoms with van der Waals surface area (Å²) in [5.74, 6) is 2.63. The average molecular weight is 247 g/mol. The molecule has 2 saturated carbocycles. The molecule has 2 aliphatic carbocycles. The Morgan fingerprint density at radius 3 is 2.53 bits per heavy atom. The number of nitrogens with two attached hydrogens (primary N) is 1. The molecule has 1 aromatic heterocycles. The number of thiocarbonyl (C=S) groups is 1. The number of anilines is 1. The van der Waals surface area contributed by atoms with Gasteiger partial charge in [0, 0.05) is 17.8 Å². The van der Waals surface area contributed by atoms with Gasteiger partial charge in [0.15, 0.2) is 0 Å². The van der Waals surface area contributed by atoms with Crippen molar-refractivity contribution in [3.05, 3.63) is 23.9 Å². The zero-order valence-corrected chi connectivity index (χ0v) is 10.5. The van der Waals surface area contributed by atoms with E-state index in [0.29, 0.717) is 11.0 Å². The van der Waals surface area contributed by atoms with Crippen molar-refractivity contribution >= 4 is 23.0 Å². The fraction of sp³-hybridized carbons (Fsp3) is 0.538. The first-order chi connectivity index (χ1) is 8.24. The van der Waals surface area contributed by atoms with E-state index in [4.69, 9.17) is 18.0 Å². The number of pyridine rings is 1. The Labute approximate surface area is 107 Å². The van der Waals surface area contributed by atoms with E-state index >= 15 is 0 Å². The van der Waals surface area contributed by atoms with E-state index in [-0.39, 0.29) is 0 Å². The van der Waals surface area contributed by atoms with E-state index in [1.165, 1.54) is 25.7 Å². The zero-order chi connectivity index (χ0) is 11.8. The summed E-state index contributed by atoms with van der Waals surface area (Å²) >= 11 is 4.99. The molecule has 3 nitrogen and oxygen atoms in total. The number of nitrogens with one attached hydrogen (secondary N) is 1. The van der Waals surface area contributed by atoms with Gasteiger partial charge in [-0.05, 0) is 49.7 Å². The topological polar surface area (TPSA) is 50.9 Å². The van der Waals surface area contributed by atoms with Crippen LogP contribution in [0.15, 0.2) is 18.3 Å². The van der Waals surface area contributed by atoms with Crippen molar-refractivity contribution in [2.45, 2.75) is 31.7 Å². The van der Waals surface area contributed by atoms with Gasteiger partial charge in [-0.3, -0.25) is 0 Å². The van der Waals surface area contributed by atoms with Crippen molar-refractivity contribution in [2.75, 3.05) is 5.32 Å². The first-order valence-corrected chi connectivity index (χ1v) is 6.67. The summed E-state index contributed by atoms with van der Waals surface area (Å²) in [7, 11) is 0. The second kappa shape index (κ2) is 4.26. The fourth-order valence-electron chi connectivity index (χ4n) is 2.36. The predicted octanol–water partition coefficient (Wildman–Crippen LogP) is 2.32. The molecule has 3 N–H and O–H groups in total. The Hall–Kier alpha value is -1.16. The molecule has 2 fully saturated rings. The molecule has 1 heterocycles. The van der Waals surface area contributed by atoms with E-state index in [1.807, 2.05) is 12.1 Å². The summed E-state index contributed by atoms with van der Waals surface area (Å²) in [5.41, 5.74) is 6.53. The minimum atomic E-state index is 0.435. The number of hydrogen-bond acceptors (Lipinski definition) is 3. The quantitative estimate of drug-likeness (QED) is 0.784. The lowest BCUT2D eigenvalue weighted by Gasteiger charge is -2.18. The highest BCUT2D eigenvalue weighted by Crippen LogP contribution is 2.45. The Morgan fingerprint density at radius 1 is 1.35 bits per heavy atom. The van der Waals surface area contributed by atoms with Crippen molar-refractivity contribution in [2.24, 2.45) is 17.6 Å². The van der Waals surface area contributed by atoms with Crippen molar-refractivity contribution in [1.29, 1.82) is 0 Å². The van der Waals surface area contributed by atoms with Gasteiger partial charge in [-0.1, -0.05) is 12.2 Å².